The minimum atomic E-state index is 0.392. The summed E-state index contributed by atoms with van der Waals surface area (Å²) in [4.78, 5) is 2.54. The molecule has 0 saturated carbocycles. The Kier molecular flexibility index (Phi) is 4.27. The summed E-state index contributed by atoms with van der Waals surface area (Å²) in [5, 5.41) is 9.80. The van der Waals surface area contributed by atoms with Crippen LogP contribution in [0, 0.1) is 0 Å². The van der Waals surface area contributed by atoms with Gasteiger partial charge in [-0.15, -0.1) is 0 Å². The van der Waals surface area contributed by atoms with Crippen LogP contribution < -0.4 is 0 Å². The third-order valence-electron chi connectivity index (χ3n) is 4.72. The van der Waals surface area contributed by atoms with Gasteiger partial charge >= 0.3 is 0 Å². The normalized spacial score (nSPS) is 25.9. The molecule has 2 atom stereocenters. The van der Waals surface area contributed by atoms with Crippen molar-refractivity contribution in [1.82, 2.24) is 4.90 Å². The lowest BCUT2D eigenvalue weighted by Crippen LogP contribution is -2.37. The molecular weight excluding hydrogens is 250 g/mol. The molecule has 0 spiro atoms. The minimum absolute atomic E-state index is 0.392. The molecule has 110 valence electrons. The van der Waals surface area contributed by atoms with Gasteiger partial charge in [0.15, 0.2) is 0 Å². The zero-order chi connectivity index (χ0) is 13.9. The molecule has 2 unspecified atom stereocenters. The first-order chi connectivity index (χ1) is 9.78. The Labute approximate surface area is 121 Å². The smallest absolute Gasteiger partial charge is 0.115 e. The number of hydrogen-bond donors (Lipinski definition) is 1. The Morgan fingerprint density at radius 2 is 2.20 bits per heavy atom. The first-order valence-electron chi connectivity index (χ1n) is 7.95. The quantitative estimate of drug-likeness (QED) is 0.915. The summed E-state index contributed by atoms with van der Waals surface area (Å²) < 4.78 is 5.80. The highest BCUT2D eigenvalue weighted by Crippen LogP contribution is 2.36. The van der Waals surface area contributed by atoms with Crippen molar-refractivity contribution in [2.24, 2.45) is 0 Å². The SMILES string of the molecule is CCN(CC1CCCO1)C1CCCc2ccc(O)cc21. The molecule has 3 rings (SSSR count). The number of phenolic OH excluding ortho intramolecular Hbond substituents is 1. The van der Waals surface area contributed by atoms with Gasteiger partial charge in [-0.3, -0.25) is 4.90 Å². The molecule has 1 saturated heterocycles. The predicted octanol–water partition coefficient (Wildman–Crippen LogP) is 3.27. The number of benzene rings is 1. The molecule has 1 aliphatic heterocycles. The van der Waals surface area contributed by atoms with Crippen LogP contribution in [0.4, 0.5) is 0 Å². The lowest BCUT2D eigenvalue weighted by Gasteiger charge is -2.36. The van der Waals surface area contributed by atoms with Crippen molar-refractivity contribution in [3.8, 4) is 5.75 Å². The van der Waals surface area contributed by atoms with Crippen LogP contribution in [0.1, 0.15) is 49.8 Å². The maximum Gasteiger partial charge on any atom is 0.115 e. The largest absolute Gasteiger partial charge is 0.508 e. The predicted molar refractivity (Wildman–Crippen MR) is 80.0 cm³/mol. The molecule has 20 heavy (non-hydrogen) atoms. The van der Waals surface area contributed by atoms with Crippen LogP contribution in [0.2, 0.25) is 0 Å². The van der Waals surface area contributed by atoms with Crippen molar-refractivity contribution in [2.75, 3.05) is 19.7 Å². The first kappa shape index (κ1) is 13.9. The van der Waals surface area contributed by atoms with Gasteiger partial charge in [0.05, 0.1) is 6.10 Å². The van der Waals surface area contributed by atoms with Gasteiger partial charge in [0.25, 0.3) is 0 Å². The fourth-order valence-electron chi connectivity index (χ4n) is 3.67. The van der Waals surface area contributed by atoms with Crippen molar-refractivity contribution in [1.29, 1.82) is 0 Å². The van der Waals surface area contributed by atoms with E-state index >= 15 is 0 Å². The van der Waals surface area contributed by atoms with Gasteiger partial charge in [-0.1, -0.05) is 13.0 Å². The van der Waals surface area contributed by atoms with Crippen LogP contribution in [0.15, 0.2) is 18.2 Å². The average molecular weight is 275 g/mol. The van der Waals surface area contributed by atoms with E-state index in [4.69, 9.17) is 4.74 Å². The Morgan fingerprint density at radius 1 is 1.30 bits per heavy atom. The van der Waals surface area contributed by atoms with Gasteiger partial charge in [-0.05, 0) is 61.9 Å². The van der Waals surface area contributed by atoms with E-state index in [0.29, 0.717) is 17.9 Å². The van der Waals surface area contributed by atoms with Crippen molar-refractivity contribution in [3.63, 3.8) is 0 Å². The van der Waals surface area contributed by atoms with Gasteiger partial charge in [0.2, 0.25) is 0 Å². The van der Waals surface area contributed by atoms with E-state index in [1.807, 2.05) is 12.1 Å². The van der Waals surface area contributed by atoms with E-state index < -0.39 is 0 Å². The number of ether oxygens (including phenoxy) is 1. The summed E-state index contributed by atoms with van der Waals surface area (Å²) in [6, 6.07) is 6.33. The number of nitrogens with zero attached hydrogens (tertiary/aromatic N) is 1. The highest BCUT2D eigenvalue weighted by atomic mass is 16.5. The molecule has 1 heterocycles. The summed E-state index contributed by atoms with van der Waals surface area (Å²) in [6.45, 7) is 5.21. The van der Waals surface area contributed by atoms with Crippen LogP contribution in [0.3, 0.4) is 0 Å². The number of likely N-dealkylation sites (N-methyl/N-ethyl adjacent to an activating group) is 1. The maximum absolute atomic E-state index is 9.80. The highest BCUT2D eigenvalue weighted by molar-refractivity contribution is 5.38. The molecule has 1 fully saturated rings. The lowest BCUT2D eigenvalue weighted by molar-refractivity contribution is 0.0552. The molecule has 2 aliphatic rings. The highest BCUT2D eigenvalue weighted by Gasteiger charge is 2.28. The van der Waals surface area contributed by atoms with Gasteiger partial charge in [-0.2, -0.15) is 0 Å². The van der Waals surface area contributed by atoms with E-state index in [0.717, 1.165) is 26.1 Å². The molecule has 0 aromatic heterocycles. The Hall–Kier alpha value is -1.06. The average Bonchev–Trinajstić information content (AvgIpc) is 2.97. The van der Waals surface area contributed by atoms with E-state index in [1.165, 1.54) is 36.8 Å². The zero-order valence-electron chi connectivity index (χ0n) is 12.3. The van der Waals surface area contributed by atoms with Crippen molar-refractivity contribution in [2.45, 2.75) is 51.2 Å². The topological polar surface area (TPSA) is 32.7 Å². The molecule has 1 aromatic carbocycles. The Bertz CT molecular complexity index is 454. The molecule has 1 aliphatic carbocycles. The third kappa shape index (κ3) is 2.84. The maximum atomic E-state index is 9.80. The van der Waals surface area contributed by atoms with E-state index in [9.17, 15) is 5.11 Å². The summed E-state index contributed by atoms with van der Waals surface area (Å²) in [6.07, 6.45) is 6.36. The molecule has 1 aromatic rings. The van der Waals surface area contributed by atoms with E-state index in [1.54, 1.807) is 0 Å². The van der Waals surface area contributed by atoms with Crippen molar-refractivity contribution in [3.05, 3.63) is 29.3 Å². The number of rotatable bonds is 4. The summed E-state index contributed by atoms with van der Waals surface area (Å²) in [5.41, 5.74) is 2.74. The summed E-state index contributed by atoms with van der Waals surface area (Å²) in [5.74, 6) is 0.392. The number of aryl methyl sites for hydroxylation is 1. The van der Waals surface area contributed by atoms with Crippen LogP contribution in [0.5, 0.6) is 5.75 Å². The lowest BCUT2D eigenvalue weighted by atomic mass is 9.86. The molecular formula is C17H25NO2. The number of phenols is 1. The summed E-state index contributed by atoms with van der Waals surface area (Å²) >= 11 is 0. The van der Waals surface area contributed by atoms with Crippen molar-refractivity contribution < 1.29 is 9.84 Å². The van der Waals surface area contributed by atoms with Gasteiger partial charge < -0.3 is 9.84 Å². The number of fused-ring (bicyclic) bond motifs is 1. The van der Waals surface area contributed by atoms with Gasteiger partial charge in [-0.25, -0.2) is 0 Å². The van der Waals surface area contributed by atoms with Crippen LogP contribution >= 0.6 is 0 Å². The molecule has 3 nitrogen and oxygen atoms in total. The molecule has 0 bridgehead atoms. The van der Waals surface area contributed by atoms with Crippen LogP contribution in [0.25, 0.3) is 0 Å². The minimum Gasteiger partial charge on any atom is -0.508 e. The second-order valence-corrected chi connectivity index (χ2v) is 6.01. The first-order valence-corrected chi connectivity index (χ1v) is 7.95. The Morgan fingerprint density at radius 3 is 2.95 bits per heavy atom. The molecule has 0 radical (unpaired) electrons. The second kappa shape index (κ2) is 6.15. The second-order valence-electron chi connectivity index (χ2n) is 6.01. The van der Waals surface area contributed by atoms with Gasteiger partial charge in [0, 0.05) is 19.2 Å². The number of aromatic hydroxyl groups is 1. The summed E-state index contributed by atoms with van der Waals surface area (Å²) in [7, 11) is 0. The zero-order valence-corrected chi connectivity index (χ0v) is 12.3. The van der Waals surface area contributed by atoms with Crippen LogP contribution in [-0.2, 0) is 11.2 Å². The van der Waals surface area contributed by atoms with E-state index in [-0.39, 0.29) is 0 Å². The fraction of sp³-hybridized carbons (Fsp3) is 0.647. The Balaban J connectivity index is 1.80. The molecule has 1 N–H and O–H groups in total. The molecule has 3 heteroatoms. The van der Waals surface area contributed by atoms with Gasteiger partial charge in [0.1, 0.15) is 5.75 Å². The standard InChI is InChI=1S/C17H25NO2/c1-2-18(12-15-6-4-10-20-15)17-7-3-5-13-8-9-14(19)11-16(13)17/h8-9,11,15,17,19H,2-7,10,12H2,1H3. The van der Waals surface area contributed by atoms with E-state index in [2.05, 4.69) is 17.9 Å². The molecule has 0 amide bonds. The third-order valence-corrected chi connectivity index (χ3v) is 4.72. The fourth-order valence-corrected chi connectivity index (χ4v) is 3.67. The van der Waals surface area contributed by atoms with Crippen molar-refractivity contribution >= 4 is 0 Å². The number of hydrogen-bond acceptors (Lipinski definition) is 3. The monoisotopic (exact) mass is 275 g/mol. The van der Waals surface area contributed by atoms with Crippen LogP contribution in [-0.4, -0.2) is 35.8 Å².